The second-order valence-corrected chi connectivity index (χ2v) is 22.4. The van der Waals surface area contributed by atoms with Crippen LogP contribution < -0.4 is 0 Å². The first-order valence-electron chi connectivity index (χ1n) is 32.3. The fraction of sp³-hybridized carbons (Fsp3) is 0.877. The third-order valence-corrected chi connectivity index (χ3v) is 15.0. The van der Waals surface area contributed by atoms with Crippen LogP contribution in [0.2, 0.25) is 0 Å². The fourth-order valence-electron chi connectivity index (χ4n) is 10.0. The summed E-state index contributed by atoms with van der Waals surface area (Å²) >= 11 is 0. The number of carbonyl (C=O) groups excluding carboxylic acids is 3. The van der Waals surface area contributed by atoms with Crippen molar-refractivity contribution in [1.82, 2.24) is 0 Å². The number of allylic oxidation sites excluding steroid dienone is 4. The lowest BCUT2D eigenvalue weighted by molar-refractivity contribution is -0.301. The first-order valence-corrected chi connectivity index (χ1v) is 32.3. The Bertz CT molecular complexity index is 1430. The van der Waals surface area contributed by atoms with Crippen LogP contribution in [0.4, 0.5) is 0 Å². The normalized spacial score (nSPS) is 18.1. The highest BCUT2D eigenvalue weighted by atomic mass is 16.7. The third-order valence-electron chi connectivity index (χ3n) is 15.0. The van der Waals surface area contributed by atoms with Crippen LogP contribution in [0.3, 0.4) is 0 Å². The number of carboxylic acid groups (broad SMARTS) is 1. The molecule has 6 unspecified atom stereocenters. The van der Waals surface area contributed by atoms with Gasteiger partial charge in [0.15, 0.2) is 24.6 Å². The Morgan fingerprint density at radius 2 is 0.779 bits per heavy atom. The lowest BCUT2D eigenvalue weighted by Gasteiger charge is -2.40. The second kappa shape index (κ2) is 53.8. The van der Waals surface area contributed by atoms with Crippen molar-refractivity contribution in [2.75, 3.05) is 13.2 Å². The number of ether oxygens (including phenoxy) is 5. The molecule has 0 aromatic carbocycles. The van der Waals surface area contributed by atoms with E-state index in [0.717, 1.165) is 89.9 Å². The summed E-state index contributed by atoms with van der Waals surface area (Å²) in [6.45, 7) is 6.01. The number of carbonyl (C=O) groups is 4. The summed E-state index contributed by atoms with van der Waals surface area (Å²) in [5.74, 6) is -3.09. The molecule has 0 saturated carbocycles. The average Bonchev–Trinajstić information content (AvgIpc) is 3.42. The summed E-state index contributed by atoms with van der Waals surface area (Å²) in [4.78, 5) is 51.2. The molecular weight excluding hydrogens is 973 g/mol. The van der Waals surface area contributed by atoms with Crippen LogP contribution in [0.5, 0.6) is 0 Å². The van der Waals surface area contributed by atoms with E-state index in [1.165, 1.54) is 167 Å². The van der Waals surface area contributed by atoms with E-state index < -0.39 is 67.3 Å². The van der Waals surface area contributed by atoms with Crippen molar-refractivity contribution in [1.29, 1.82) is 0 Å². The maximum Gasteiger partial charge on any atom is 0.335 e. The van der Waals surface area contributed by atoms with Gasteiger partial charge in [-0.25, -0.2) is 4.79 Å². The first-order chi connectivity index (χ1) is 37.6. The predicted molar refractivity (Wildman–Crippen MR) is 313 cm³/mol. The van der Waals surface area contributed by atoms with E-state index in [4.69, 9.17) is 23.7 Å². The standard InChI is InChI=1S/C65H118O12/c1-4-7-10-13-16-19-22-24-26-28-29-31-32-34-37-39-42-45-48-51-57(66)73-54-56(75-58(67)52-49-46-43-40-36-21-18-15-12-9-6-3)55-74-65-63(61(70)60(69)62(77-65)64(71)72)76-59(68)53-50-47-44-41-38-35-33-30-27-25-23-20-17-14-11-8-5-2/h17,20,25,27,56,60-63,65,69-70H,4-16,18-19,21-24,26,28-55H2,1-3H3,(H,71,72)/b20-17-,27-25-. The molecule has 1 saturated heterocycles. The number of hydrogen-bond acceptors (Lipinski definition) is 11. The summed E-state index contributed by atoms with van der Waals surface area (Å²) in [5, 5.41) is 31.5. The van der Waals surface area contributed by atoms with Crippen LogP contribution in [0, 0.1) is 0 Å². The maximum absolute atomic E-state index is 13.1. The summed E-state index contributed by atoms with van der Waals surface area (Å²) in [6.07, 6.45) is 50.0. The van der Waals surface area contributed by atoms with Crippen LogP contribution in [0.25, 0.3) is 0 Å². The number of hydrogen-bond donors (Lipinski definition) is 3. The molecule has 12 nitrogen and oxygen atoms in total. The number of aliphatic carboxylic acids is 1. The van der Waals surface area contributed by atoms with Gasteiger partial charge in [-0.1, -0.05) is 270 Å². The van der Waals surface area contributed by atoms with E-state index in [1.54, 1.807) is 0 Å². The van der Waals surface area contributed by atoms with Gasteiger partial charge >= 0.3 is 23.9 Å². The van der Waals surface area contributed by atoms with Gasteiger partial charge in [-0.15, -0.1) is 0 Å². The molecule has 1 rings (SSSR count). The van der Waals surface area contributed by atoms with Gasteiger partial charge in [0.05, 0.1) is 6.61 Å². The highest BCUT2D eigenvalue weighted by molar-refractivity contribution is 5.74. The lowest BCUT2D eigenvalue weighted by atomic mass is 9.98. The van der Waals surface area contributed by atoms with Gasteiger partial charge in [-0.3, -0.25) is 14.4 Å². The molecule has 450 valence electrons. The molecule has 0 amide bonds. The van der Waals surface area contributed by atoms with Gasteiger partial charge in [-0.05, 0) is 51.4 Å². The van der Waals surface area contributed by atoms with Gasteiger partial charge in [0.25, 0.3) is 0 Å². The Balaban J connectivity index is 2.61. The zero-order valence-electron chi connectivity index (χ0n) is 49.7. The molecule has 1 fully saturated rings. The fourth-order valence-corrected chi connectivity index (χ4v) is 10.0. The number of rotatable bonds is 56. The average molecular weight is 1090 g/mol. The molecule has 77 heavy (non-hydrogen) atoms. The zero-order chi connectivity index (χ0) is 56.1. The number of esters is 3. The Morgan fingerprint density at radius 3 is 1.19 bits per heavy atom. The van der Waals surface area contributed by atoms with Crippen LogP contribution in [0.1, 0.15) is 316 Å². The predicted octanol–water partition coefficient (Wildman–Crippen LogP) is 17.0. The van der Waals surface area contributed by atoms with E-state index in [0.29, 0.717) is 19.3 Å². The highest BCUT2D eigenvalue weighted by Gasteiger charge is 2.50. The number of aliphatic hydroxyl groups excluding tert-OH is 2. The van der Waals surface area contributed by atoms with Gasteiger partial charge in [0, 0.05) is 19.3 Å². The largest absolute Gasteiger partial charge is 0.479 e. The molecule has 1 aliphatic rings. The van der Waals surface area contributed by atoms with Crippen molar-refractivity contribution in [2.24, 2.45) is 0 Å². The Labute approximate surface area is 470 Å². The Hall–Kier alpha value is -2.80. The van der Waals surface area contributed by atoms with Gasteiger partial charge < -0.3 is 39.0 Å². The smallest absolute Gasteiger partial charge is 0.335 e. The summed E-state index contributed by atoms with van der Waals surface area (Å²) in [7, 11) is 0. The number of aliphatic hydroxyl groups is 2. The lowest BCUT2D eigenvalue weighted by Crippen LogP contribution is -2.61. The number of unbranched alkanes of at least 4 members (excludes halogenated alkanes) is 38. The zero-order valence-corrected chi connectivity index (χ0v) is 49.7. The Morgan fingerprint density at radius 1 is 0.429 bits per heavy atom. The Kier molecular flexibility index (Phi) is 50.5. The third kappa shape index (κ3) is 43.7. The van der Waals surface area contributed by atoms with Crippen molar-refractivity contribution >= 4 is 23.9 Å². The molecule has 0 aromatic heterocycles. The molecule has 3 N–H and O–H groups in total. The summed E-state index contributed by atoms with van der Waals surface area (Å²) < 4.78 is 28.5. The van der Waals surface area contributed by atoms with E-state index >= 15 is 0 Å². The topological polar surface area (TPSA) is 175 Å². The van der Waals surface area contributed by atoms with E-state index in [-0.39, 0.29) is 25.9 Å². The van der Waals surface area contributed by atoms with Crippen LogP contribution in [-0.4, -0.2) is 89.2 Å². The monoisotopic (exact) mass is 1090 g/mol. The first kappa shape index (κ1) is 72.2. The van der Waals surface area contributed by atoms with Crippen molar-refractivity contribution in [2.45, 2.75) is 353 Å². The quantitative estimate of drug-likeness (QED) is 0.0228. The molecule has 6 atom stereocenters. The highest BCUT2D eigenvalue weighted by Crippen LogP contribution is 2.27. The van der Waals surface area contributed by atoms with Crippen molar-refractivity contribution in [3.05, 3.63) is 24.3 Å². The molecule has 1 heterocycles. The molecule has 0 bridgehead atoms. The second-order valence-electron chi connectivity index (χ2n) is 22.4. The van der Waals surface area contributed by atoms with Crippen LogP contribution in [0.15, 0.2) is 24.3 Å². The minimum Gasteiger partial charge on any atom is -0.479 e. The number of carboxylic acids is 1. The molecular formula is C65H118O12. The van der Waals surface area contributed by atoms with Crippen LogP contribution in [-0.2, 0) is 42.9 Å². The maximum atomic E-state index is 13.1. The van der Waals surface area contributed by atoms with Gasteiger partial charge in [0.1, 0.15) is 18.8 Å². The molecule has 0 aromatic rings. The molecule has 0 spiro atoms. The molecule has 1 aliphatic heterocycles. The van der Waals surface area contributed by atoms with Gasteiger partial charge in [-0.2, -0.15) is 0 Å². The van der Waals surface area contributed by atoms with Crippen molar-refractivity contribution in [3.8, 4) is 0 Å². The molecule has 12 heteroatoms. The van der Waals surface area contributed by atoms with Crippen molar-refractivity contribution in [3.63, 3.8) is 0 Å². The van der Waals surface area contributed by atoms with E-state index in [1.807, 2.05) is 0 Å². The van der Waals surface area contributed by atoms with Crippen LogP contribution >= 0.6 is 0 Å². The minimum atomic E-state index is -1.90. The molecule has 0 radical (unpaired) electrons. The SMILES string of the molecule is CCCCC/C=C\C/C=C\CCCCCCCCCC(=O)OC1C(OCC(COC(=O)CCCCCCCCCCCCCCCCCCCCC)OC(=O)CCCCCCCCCCCCC)OC(C(=O)O)C(O)C1O. The van der Waals surface area contributed by atoms with E-state index in [9.17, 15) is 34.5 Å². The summed E-state index contributed by atoms with van der Waals surface area (Å²) in [5.41, 5.74) is 0. The van der Waals surface area contributed by atoms with Gasteiger partial charge in [0.2, 0.25) is 0 Å². The molecule has 0 aliphatic carbocycles. The van der Waals surface area contributed by atoms with E-state index in [2.05, 4.69) is 45.1 Å². The minimum absolute atomic E-state index is 0.0565. The van der Waals surface area contributed by atoms with Crippen molar-refractivity contribution < 1.29 is 58.2 Å². The summed E-state index contributed by atoms with van der Waals surface area (Å²) in [6, 6.07) is 0.